The Bertz CT molecular complexity index is 757. The van der Waals surface area contributed by atoms with Crippen LogP contribution in [0.5, 0.6) is 11.5 Å². The summed E-state index contributed by atoms with van der Waals surface area (Å²) in [5.41, 5.74) is 2.79. The molecule has 0 bridgehead atoms. The van der Waals surface area contributed by atoms with Crippen molar-refractivity contribution in [2.75, 3.05) is 26.1 Å². The summed E-state index contributed by atoms with van der Waals surface area (Å²) in [6.07, 6.45) is 0.422. The Morgan fingerprint density at radius 2 is 1.62 bits per heavy atom. The van der Waals surface area contributed by atoms with Crippen LogP contribution < -0.4 is 20.1 Å². The van der Waals surface area contributed by atoms with Crippen molar-refractivity contribution in [2.24, 2.45) is 0 Å². The first-order valence-corrected chi connectivity index (χ1v) is 8.36. The summed E-state index contributed by atoms with van der Waals surface area (Å²) in [6, 6.07) is 13.0. The van der Waals surface area contributed by atoms with E-state index < -0.39 is 0 Å². The molecule has 0 saturated carbocycles. The van der Waals surface area contributed by atoms with Gasteiger partial charge in [-0.1, -0.05) is 23.8 Å². The number of benzene rings is 2. The molecule has 0 radical (unpaired) electrons. The second-order valence-electron chi connectivity index (χ2n) is 5.88. The van der Waals surface area contributed by atoms with E-state index in [1.54, 1.807) is 14.2 Å². The van der Waals surface area contributed by atoms with E-state index in [4.69, 9.17) is 9.47 Å². The Hall–Kier alpha value is -3.02. The monoisotopic (exact) mass is 356 g/mol. The van der Waals surface area contributed by atoms with E-state index in [1.807, 2.05) is 49.4 Å². The SMILES string of the molecule is COc1ccc(CCNC(=O)CC(=O)Nc2ccc(C)cc2)cc1OC. The Morgan fingerprint density at radius 1 is 0.923 bits per heavy atom. The van der Waals surface area contributed by atoms with Crippen LogP contribution in [-0.4, -0.2) is 32.6 Å². The quantitative estimate of drug-likeness (QED) is 0.713. The number of aryl methyl sites for hydroxylation is 1. The molecule has 0 fully saturated rings. The maximum atomic E-state index is 11.9. The minimum absolute atomic E-state index is 0.209. The fourth-order valence-corrected chi connectivity index (χ4v) is 2.43. The van der Waals surface area contributed by atoms with Crippen molar-refractivity contribution in [1.82, 2.24) is 5.32 Å². The first kappa shape index (κ1) is 19.3. The number of amides is 2. The zero-order valence-electron chi connectivity index (χ0n) is 15.3. The van der Waals surface area contributed by atoms with Crippen LogP contribution in [0.4, 0.5) is 5.69 Å². The molecule has 2 aromatic carbocycles. The van der Waals surface area contributed by atoms with Crippen molar-refractivity contribution in [3.05, 3.63) is 53.6 Å². The van der Waals surface area contributed by atoms with Crippen LogP contribution in [0.3, 0.4) is 0 Å². The van der Waals surface area contributed by atoms with Crippen molar-refractivity contribution in [3.63, 3.8) is 0 Å². The Balaban J connectivity index is 1.76. The molecular formula is C20H24N2O4. The van der Waals surface area contributed by atoms with Crippen molar-refractivity contribution in [1.29, 1.82) is 0 Å². The number of methoxy groups -OCH3 is 2. The minimum atomic E-state index is -0.336. The zero-order chi connectivity index (χ0) is 18.9. The predicted octanol–water partition coefficient (Wildman–Crippen LogP) is 2.70. The summed E-state index contributed by atoms with van der Waals surface area (Å²) in [5.74, 6) is 0.662. The van der Waals surface area contributed by atoms with Crippen molar-refractivity contribution >= 4 is 17.5 Å². The van der Waals surface area contributed by atoms with Gasteiger partial charge in [0.25, 0.3) is 0 Å². The summed E-state index contributed by atoms with van der Waals surface area (Å²) in [5, 5.41) is 5.46. The number of hydrogen-bond donors (Lipinski definition) is 2. The molecule has 6 heteroatoms. The smallest absolute Gasteiger partial charge is 0.233 e. The lowest BCUT2D eigenvalue weighted by molar-refractivity contribution is -0.126. The number of anilines is 1. The normalized spacial score (nSPS) is 10.1. The van der Waals surface area contributed by atoms with Gasteiger partial charge in [-0.2, -0.15) is 0 Å². The lowest BCUT2D eigenvalue weighted by atomic mass is 10.1. The van der Waals surface area contributed by atoms with Gasteiger partial charge in [-0.25, -0.2) is 0 Å². The average molecular weight is 356 g/mol. The number of nitrogens with one attached hydrogen (secondary N) is 2. The molecule has 0 heterocycles. The number of rotatable bonds is 8. The summed E-state index contributed by atoms with van der Waals surface area (Å²) >= 11 is 0. The minimum Gasteiger partial charge on any atom is -0.493 e. The van der Waals surface area contributed by atoms with E-state index in [2.05, 4.69) is 10.6 Å². The molecule has 0 aliphatic heterocycles. The van der Waals surface area contributed by atoms with Gasteiger partial charge in [0.2, 0.25) is 11.8 Å². The molecule has 0 aliphatic carbocycles. The van der Waals surface area contributed by atoms with Crippen LogP contribution in [0.2, 0.25) is 0 Å². The first-order chi connectivity index (χ1) is 12.5. The van der Waals surface area contributed by atoms with Crippen molar-refractivity contribution in [2.45, 2.75) is 19.8 Å². The van der Waals surface area contributed by atoms with Gasteiger partial charge in [0.05, 0.1) is 14.2 Å². The van der Waals surface area contributed by atoms with Crippen LogP contribution in [0, 0.1) is 6.92 Å². The highest BCUT2D eigenvalue weighted by Gasteiger charge is 2.10. The number of carbonyl (C=O) groups is 2. The molecule has 138 valence electrons. The van der Waals surface area contributed by atoms with Crippen molar-refractivity contribution in [3.8, 4) is 11.5 Å². The molecule has 0 aromatic heterocycles. The third-order valence-electron chi connectivity index (χ3n) is 3.84. The van der Waals surface area contributed by atoms with Gasteiger partial charge in [0.1, 0.15) is 6.42 Å². The number of ether oxygens (including phenoxy) is 2. The molecule has 26 heavy (non-hydrogen) atoms. The molecule has 0 saturated heterocycles. The van der Waals surface area contributed by atoms with Gasteiger partial charge in [0.15, 0.2) is 11.5 Å². The molecule has 2 amide bonds. The standard InChI is InChI=1S/C20H24N2O4/c1-14-4-7-16(8-5-14)22-20(24)13-19(23)21-11-10-15-6-9-17(25-2)18(12-15)26-3/h4-9,12H,10-11,13H2,1-3H3,(H,21,23)(H,22,24). The van der Waals surface area contributed by atoms with Gasteiger partial charge >= 0.3 is 0 Å². The maximum Gasteiger partial charge on any atom is 0.233 e. The highest BCUT2D eigenvalue weighted by molar-refractivity contribution is 6.03. The van der Waals surface area contributed by atoms with E-state index in [1.165, 1.54) is 0 Å². The van der Waals surface area contributed by atoms with Crippen LogP contribution in [0.15, 0.2) is 42.5 Å². The van der Waals surface area contributed by atoms with Crippen LogP contribution in [-0.2, 0) is 16.0 Å². The lowest BCUT2D eigenvalue weighted by Crippen LogP contribution is -2.29. The van der Waals surface area contributed by atoms with E-state index in [0.717, 1.165) is 11.1 Å². The summed E-state index contributed by atoms with van der Waals surface area (Å²) in [4.78, 5) is 23.8. The highest BCUT2D eigenvalue weighted by Crippen LogP contribution is 2.27. The second-order valence-corrected chi connectivity index (χ2v) is 5.88. The van der Waals surface area contributed by atoms with Gasteiger partial charge in [0, 0.05) is 12.2 Å². The summed E-state index contributed by atoms with van der Waals surface area (Å²) < 4.78 is 10.4. The first-order valence-electron chi connectivity index (χ1n) is 8.36. The zero-order valence-corrected chi connectivity index (χ0v) is 15.3. The van der Waals surface area contributed by atoms with Crippen LogP contribution in [0.1, 0.15) is 17.5 Å². The topological polar surface area (TPSA) is 76.7 Å². The molecule has 0 spiro atoms. The highest BCUT2D eigenvalue weighted by atomic mass is 16.5. The molecule has 0 unspecified atom stereocenters. The molecule has 6 nitrogen and oxygen atoms in total. The number of hydrogen-bond acceptors (Lipinski definition) is 4. The molecule has 2 N–H and O–H groups in total. The summed E-state index contributed by atoms with van der Waals surface area (Å²) in [6.45, 7) is 2.41. The third-order valence-corrected chi connectivity index (χ3v) is 3.84. The Labute approximate surface area is 153 Å². The van der Waals surface area contributed by atoms with Gasteiger partial charge in [-0.15, -0.1) is 0 Å². The molecule has 0 aliphatic rings. The van der Waals surface area contributed by atoms with Crippen LogP contribution >= 0.6 is 0 Å². The molecule has 2 rings (SSSR count). The fraction of sp³-hybridized carbons (Fsp3) is 0.300. The van der Waals surface area contributed by atoms with Gasteiger partial charge in [-0.3, -0.25) is 9.59 Å². The fourth-order valence-electron chi connectivity index (χ4n) is 2.43. The molecule has 0 atom stereocenters. The second kappa shape index (κ2) is 9.46. The van der Waals surface area contributed by atoms with E-state index in [0.29, 0.717) is 30.2 Å². The third kappa shape index (κ3) is 5.81. The predicted molar refractivity (Wildman–Crippen MR) is 101 cm³/mol. The molecular weight excluding hydrogens is 332 g/mol. The summed E-state index contributed by atoms with van der Waals surface area (Å²) in [7, 11) is 3.16. The van der Waals surface area contributed by atoms with E-state index in [9.17, 15) is 9.59 Å². The molecule has 2 aromatic rings. The largest absolute Gasteiger partial charge is 0.493 e. The Morgan fingerprint density at radius 3 is 2.27 bits per heavy atom. The number of carbonyl (C=O) groups excluding carboxylic acids is 2. The maximum absolute atomic E-state index is 11.9. The van der Waals surface area contributed by atoms with Crippen LogP contribution in [0.25, 0.3) is 0 Å². The lowest BCUT2D eigenvalue weighted by Gasteiger charge is -2.10. The van der Waals surface area contributed by atoms with E-state index in [-0.39, 0.29) is 18.2 Å². The van der Waals surface area contributed by atoms with Gasteiger partial charge in [-0.05, 0) is 43.2 Å². The van der Waals surface area contributed by atoms with Gasteiger partial charge < -0.3 is 20.1 Å². The van der Waals surface area contributed by atoms with Crippen molar-refractivity contribution < 1.29 is 19.1 Å². The van der Waals surface area contributed by atoms with E-state index >= 15 is 0 Å². The Kier molecular flexibility index (Phi) is 7.02. The average Bonchev–Trinajstić information content (AvgIpc) is 2.63.